The number of benzene rings is 2. The Balaban J connectivity index is 0.00000460. The van der Waals surface area contributed by atoms with Gasteiger partial charge < -0.3 is 74.6 Å². The van der Waals surface area contributed by atoms with E-state index < -0.39 is 86.6 Å². The average Bonchev–Trinajstić information content (AvgIpc) is 1.67. The van der Waals surface area contributed by atoms with Crippen molar-refractivity contribution >= 4 is 117 Å². The summed E-state index contributed by atoms with van der Waals surface area (Å²) >= 11 is 5.25. The number of nitrogens with one attached hydrogen (secondary N) is 3. The highest BCUT2D eigenvalue weighted by Gasteiger charge is 2.49. The van der Waals surface area contributed by atoms with Crippen LogP contribution in [-0.4, -0.2) is 196 Å². The van der Waals surface area contributed by atoms with Gasteiger partial charge in [-0.3, -0.25) is 28.9 Å². The summed E-state index contributed by atoms with van der Waals surface area (Å²) < 4.78 is 110. The number of phosphoric acid groups is 3. The number of amides is 3. The lowest BCUT2D eigenvalue weighted by Gasteiger charge is -2.37. The van der Waals surface area contributed by atoms with Gasteiger partial charge in [-0.05, 0) is 115 Å². The van der Waals surface area contributed by atoms with Gasteiger partial charge in [0.25, 0.3) is 5.91 Å². The van der Waals surface area contributed by atoms with E-state index in [0.29, 0.717) is 70.4 Å². The van der Waals surface area contributed by atoms with Gasteiger partial charge in [0.05, 0.1) is 68.9 Å². The van der Waals surface area contributed by atoms with Crippen molar-refractivity contribution in [3.63, 3.8) is 0 Å². The van der Waals surface area contributed by atoms with Crippen molar-refractivity contribution in [1.29, 1.82) is 0 Å². The van der Waals surface area contributed by atoms with Crippen LogP contribution < -0.4 is 26.6 Å². The normalized spacial score (nSPS) is 20.2. The van der Waals surface area contributed by atoms with Gasteiger partial charge in [-0.25, -0.2) is 18.5 Å². The molecule has 5 heterocycles. The number of nitrogens with zero attached hydrogens (tertiary/aromatic N) is 4. The number of alkyl carbamates (subject to hydrolysis) is 1. The van der Waals surface area contributed by atoms with E-state index in [-0.39, 0.29) is 71.4 Å². The predicted molar refractivity (Wildman–Crippen MR) is 424 cm³/mol. The third-order valence-corrected chi connectivity index (χ3v) is 25.5. The number of carbonyl (C=O) groups is 4. The Morgan fingerprint density at radius 3 is 2.24 bits per heavy atom. The van der Waals surface area contributed by atoms with Crippen molar-refractivity contribution in [3.05, 3.63) is 119 Å². The van der Waals surface area contributed by atoms with Crippen LogP contribution in [0.2, 0.25) is 0 Å². The first-order valence-electron chi connectivity index (χ1n) is 36.0. The van der Waals surface area contributed by atoms with Gasteiger partial charge in [0.1, 0.15) is 30.2 Å². The van der Waals surface area contributed by atoms with Crippen molar-refractivity contribution in [2.24, 2.45) is 5.73 Å². The maximum atomic E-state index is 13.3. The van der Waals surface area contributed by atoms with E-state index in [4.69, 9.17) is 72.3 Å². The zero-order valence-electron chi connectivity index (χ0n) is 63.6. The third kappa shape index (κ3) is 31.1. The Labute approximate surface area is 661 Å². The number of phosphoric ester groups is 1. The molecule has 0 radical (unpaired) electrons. The lowest BCUT2D eigenvalue weighted by Crippen LogP contribution is -2.54. The highest BCUT2D eigenvalue weighted by molar-refractivity contribution is 8.77. The van der Waals surface area contributed by atoms with E-state index in [1.807, 2.05) is 0 Å². The van der Waals surface area contributed by atoms with Gasteiger partial charge in [-0.15, -0.1) is 12.6 Å². The quantitative estimate of drug-likeness (QED) is 0.00581. The molecule has 612 valence electrons. The Bertz CT molecular complexity index is 4050. The van der Waals surface area contributed by atoms with Crippen molar-refractivity contribution in [1.82, 2.24) is 26.0 Å². The number of likely N-dealkylation sites (N-methyl/N-ethyl adjacent to an activating group) is 1. The zero-order chi connectivity index (χ0) is 80.9. The number of aryl methyl sites for hydroxylation is 1. The number of hydrazine groups is 1. The Morgan fingerprint density at radius 1 is 0.836 bits per heavy atom. The number of anilines is 1. The van der Waals surface area contributed by atoms with E-state index in [1.54, 1.807) is 34.0 Å². The molecule has 110 heavy (non-hydrogen) atoms. The summed E-state index contributed by atoms with van der Waals surface area (Å²) in [6, 6.07) is 14.5. The van der Waals surface area contributed by atoms with Gasteiger partial charge in [0.2, 0.25) is 11.6 Å². The topological polar surface area (TPSA) is 410 Å². The molecule has 0 aromatic heterocycles. The fourth-order valence-electron chi connectivity index (χ4n) is 12.6. The summed E-state index contributed by atoms with van der Waals surface area (Å²) in [6.45, 7) is 21.6. The Morgan fingerprint density at radius 2 is 1.53 bits per heavy atom. The van der Waals surface area contributed by atoms with Crippen molar-refractivity contribution in [2.75, 3.05) is 95.5 Å². The number of hydrogen-bond donors (Lipinski definition) is 8. The fraction of sp³-hybridized carbons (Fsp3) is 0.592. The molecule has 5 aliphatic rings. The maximum Gasteiger partial charge on any atom is 0.490 e. The fourth-order valence-corrected chi connectivity index (χ4v) is 18.5. The van der Waals surface area contributed by atoms with E-state index in [1.165, 1.54) is 55.7 Å². The monoisotopic (exact) mass is 1690 g/mol. The lowest BCUT2D eigenvalue weighted by molar-refractivity contribution is -0.438. The van der Waals surface area contributed by atoms with Gasteiger partial charge in [-0.2, -0.15) is 13.2 Å². The molecule has 7 atom stereocenters. The van der Waals surface area contributed by atoms with Gasteiger partial charge in [0.15, 0.2) is 18.0 Å². The minimum atomic E-state index is -5.77. The van der Waals surface area contributed by atoms with Crippen LogP contribution in [0.4, 0.5) is 16.2 Å². The number of Topliss-reactive ketones (excluding diaryl/α,β-unsaturated/α-hetero) is 1. The summed E-state index contributed by atoms with van der Waals surface area (Å²) in [7, 11) is -17.4. The van der Waals surface area contributed by atoms with E-state index in [2.05, 4.69) is 174 Å². The van der Waals surface area contributed by atoms with Gasteiger partial charge in [-0.1, -0.05) is 118 Å². The van der Waals surface area contributed by atoms with Crippen LogP contribution in [0.15, 0.2) is 102 Å². The average molecular weight is 1690 g/mol. The minimum Gasteiger partial charge on any atom is -0.450 e. The number of carbonyl (C=O) groups excluding carboxylic acids is 4. The zero-order valence-corrected chi connectivity index (χ0v) is 70.3. The van der Waals surface area contributed by atoms with Crippen LogP contribution in [0.3, 0.4) is 0 Å². The first-order chi connectivity index (χ1) is 51.9. The maximum absolute atomic E-state index is 13.3. The number of unbranched alkanes of at least 4 members (excludes halogenated alkanes) is 5. The van der Waals surface area contributed by atoms with Crippen LogP contribution >= 0.6 is 45.1 Å². The highest BCUT2D eigenvalue weighted by atomic mass is 33.1. The molecule has 1 fully saturated rings. The SMILES string of the molecule is CCN1\C(=C/C=C/C=C/C2=[N+](CCCCCC(=O)NCCOCCOCCNC(=O)OCCC(C)(C)SSCOCCCCCCC(=O)CCC#CC3=CN([C@H]4C[C@H](OCS(C)=S)[C@@H](COP(=O)(O)OP(=O)(O)OP(=O)(O)O)O4)N4C=C(N)NC(=O)C34)c3ccc(C)cc3C2(C)C)C(C)(C)c2ccccc21.O=S(=O)=O. The van der Waals surface area contributed by atoms with Crippen LogP contribution in [0.5, 0.6) is 0 Å². The number of allylic oxidation sites excluding steroid dienone is 6. The number of rotatable bonds is 46. The molecule has 3 amide bonds. The smallest absolute Gasteiger partial charge is 0.450 e. The Kier molecular flexibility index (Phi) is 38.2. The molecule has 39 heteroatoms. The molecule has 5 aliphatic heterocycles. The summed E-state index contributed by atoms with van der Waals surface area (Å²) in [4.78, 5) is 90.9. The van der Waals surface area contributed by atoms with Crippen molar-refractivity contribution in [2.45, 2.75) is 179 Å². The van der Waals surface area contributed by atoms with E-state index in [0.717, 1.165) is 58.0 Å². The molecule has 0 spiro atoms. The second-order valence-electron chi connectivity index (χ2n) is 27.7. The molecule has 2 aromatic carbocycles. The summed E-state index contributed by atoms with van der Waals surface area (Å²) in [5.41, 5.74) is 15.2. The number of nitrogens with two attached hydrogens (primary N) is 1. The molecule has 0 aliphatic carbocycles. The number of hydrogen-bond acceptors (Lipinski definition) is 26. The van der Waals surface area contributed by atoms with E-state index in [9.17, 15) is 42.7 Å². The van der Waals surface area contributed by atoms with Crippen LogP contribution in [0.25, 0.3) is 0 Å². The largest absolute Gasteiger partial charge is 0.490 e. The van der Waals surface area contributed by atoms with Crippen LogP contribution in [0.1, 0.15) is 149 Å². The first-order valence-corrected chi connectivity index (χ1v) is 46.6. The molecule has 2 aromatic rings. The highest BCUT2D eigenvalue weighted by Crippen LogP contribution is 2.66. The second-order valence-corrected chi connectivity index (χ2v) is 38.6. The molecular formula is C71H106N8O23P3S5+. The standard InChI is InChI=1S/C71H105N8O20P3S4.O3S/c1-10-76-57-29-22-21-28-55(57)70(5,6)61(76)30-16-13-17-31-62-71(7,8)56-45-52(2)33-34-58(56)77(62)38-23-14-18-32-64(81)73-36-41-91-43-44-92-42-37-74-68(83)94-40-35-69(3,4)105-104-50-93-39-24-12-11-15-26-54(80)27-20-19-25-53-47-78(79-48-63(72)75-67(82)66(53)79)65-46-59(95-51-106(9)103)60(97-65)49-96-101(87,88)99-102(89,90)98-100(84,85)86;1-4(2)3/h13,16-17,21-22,28-31,33-34,45,47-48,59-60,65-66H,10-12,14-15,18,20,23-24,26-27,32,35-44,46,49-51,72H2,1-9H3,(H6-,73,74,75,81,82,83,84,85,86,87,88,89,90);/p+1/t59-,60+,65+,66?,106?;/m0./s1. The van der Waals surface area contributed by atoms with Crippen molar-refractivity contribution in [3.8, 4) is 11.8 Å². The number of ether oxygens (including phenoxy) is 6. The molecular weight excluding hydrogens is 1590 g/mol. The molecule has 7 rings (SSSR count). The summed E-state index contributed by atoms with van der Waals surface area (Å²) in [5, 5.41) is 11.3. The lowest BCUT2D eigenvalue weighted by atomic mass is 9.81. The molecule has 31 nitrogen and oxygen atoms in total. The number of fused-ring (bicyclic) bond motifs is 3. The second kappa shape index (κ2) is 45.0. The molecule has 9 N–H and O–H groups in total. The van der Waals surface area contributed by atoms with Gasteiger partial charge in [0, 0.05) is 110 Å². The van der Waals surface area contributed by atoms with E-state index >= 15 is 0 Å². The first kappa shape index (κ1) is 93.4. The third-order valence-electron chi connectivity index (χ3n) is 17.9. The predicted octanol–water partition coefficient (Wildman–Crippen LogP) is 9.63. The Hall–Kier alpha value is -5.45. The molecule has 0 bridgehead atoms. The summed E-state index contributed by atoms with van der Waals surface area (Å²) in [5.74, 6) is 6.16. The molecule has 4 unspecified atom stereocenters. The van der Waals surface area contributed by atoms with Crippen LogP contribution in [-0.2, 0) is 112 Å². The van der Waals surface area contributed by atoms with Crippen LogP contribution in [0, 0.1) is 18.8 Å². The number of ketones is 1. The molecule has 1 saturated heterocycles. The molecule has 0 saturated carbocycles. The van der Waals surface area contributed by atoms with Gasteiger partial charge >= 0.3 is 40.2 Å². The number of para-hydroxylation sites is 1. The summed E-state index contributed by atoms with van der Waals surface area (Å²) in [6.07, 6.45) is 20.3. The van der Waals surface area contributed by atoms with Crippen molar-refractivity contribution < 1.29 is 111 Å². The minimum absolute atomic E-state index is 0.0127.